The van der Waals surface area contributed by atoms with Crippen molar-refractivity contribution in [3.8, 4) is 11.4 Å². The lowest BCUT2D eigenvalue weighted by atomic mass is 10.1. The third-order valence-electron chi connectivity index (χ3n) is 4.89. The topological polar surface area (TPSA) is 76.9 Å². The fourth-order valence-electron chi connectivity index (χ4n) is 3.38. The summed E-state index contributed by atoms with van der Waals surface area (Å²) in [5.41, 5.74) is 1.16. The predicted octanol–water partition coefficient (Wildman–Crippen LogP) is 4.88. The van der Waals surface area contributed by atoms with Gasteiger partial charge in [0.1, 0.15) is 11.6 Å². The standard InChI is InChI=1S/C21H20ClFN4O2S/c22-16-7-5-15(6-8-16)11-13-30(28,29)26-17-9-10-19(23)18(14-17)21-25-24-20-4-2-1-3-12-27(20)21/h5-11,13-14,26H,1-4,12H2/b13-11+. The van der Waals surface area contributed by atoms with Crippen molar-refractivity contribution in [3.05, 3.63) is 70.1 Å². The number of benzene rings is 2. The fraction of sp³-hybridized carbons (Fsp3) is 0.238. The monoisotopic (exact) mass is 446 g/mol. The lowest BCUT2D eigenvalue weighted by Crippen LogP contribution is -2.09. The number of fused-ring (bicyclic) bond motifs is 1. The van der Waals surface area contributed by atoms with Crippen molar-refractivity contribution in [2.75, 3.05) is 4.72 Å². The van der Waals surface area contributed by atoms with Crippen LogP contribution in [0.2, 0.25) is 5.02 Å². The van der Waals surface area contributed by atoms with Crippen LogP contribution in [0.4, 0.5) is 10.1 Å². The lowest BCUT2D eigenvalue weighted by Gasteiger charge is -2.10. The van der Waals surface area contributed by atoms with E-state index in [9.17, 15) is 12.8 Å². The van der Waals surface area contributed by atoms with Gasteiger partial charge in [0, 0.05) is 23.7 Å². The molecule has 0 unspecified atom stereocenters. The van der Waals surface area contributed by atoms with Gasteiger partial charge in [-0.2, -0.15) is 0 Å². The quantitative estimate of drug-likeness (QED) is 0.606. The first-order valence-corrected chi connectivity index (χ1v) is 11.5. The van der Waals surface area contributed by atoms with Crippen molar-refractivity contribution >= 4 is 33.4 Å². The molecule has 1 aromatic heterocycles. The summed E-state index contributed by atoms with van der Waals surface area (Å²) >= 11 is 5.84. The van der Waals surface area contributed by atoms with Crippen molar-refractivity contribution in [1.82, 2.24) is 14.8 Å². The van der Waals surface area contributed by atoms with Crippen molar-refractivity contribution in [2.24, 2.45) is 0 Å². The minimum Gasteiger partial charge on any atom is -0.311 e. The van der Waals surface area contributed by atoms with E-state index in [1.54, 1.807) is 24.3 Å². The van der Waals surface area contributed by atoms with Crippen molar-refractivity contribution in [3.63, 3.8) is 0 Å². The Bertz CT molecular complexity index is 1190. The van der Waals surface area contributed by atoms with Gasteiger partial charge in [-0.25, -0.2) is 12.8 Å². The van der Waals surface area contributed by atoms with E-state index < -0.39 is 15.8 Å². The zero-order valence-electron chi connectivity index (χ0n) is 16.1. The van der Waals surface area contributed by atoms with Crippen LogP contribution < -0.4 is 4.72 Å². The molecule has 9 heteroatoms. The minimum absolute atomic E-state index is 0.220. The summed E-state index contributed by atoms with van der Waals surface area (Å²) in [6.07, 6.45) is 5.35. The van der Waals surface area contributed by atoms with Crippen LogP contribution in [0.25, 0.3) is 17.5 Å². The van der Waals surface area contributed by atoms with E-state index in [0.717, 1.165) is 43.5 Å². The summed E-state index contributed by atoms with van der Waals surface area (Å²) < 4.78 is 43.8. The van der Waals surface area contributed by atoms with Gasteiger partial charge in [-0.3, -0.25) is 4.72 Å². The Hall–Kier alpha value is -2.71. The molecule has 0 bridgehead atoms. The van der Waals surface area contributed by atoms with Gasteiger partial charge >= 0.3 is 0 Å². The summed E-state index contributed by atoms with van der Waals surface area (Å²) in [5.74, 6) is 0.773. The Morgan fingerprint density at radius 3 is 2.67 bits per heavy atom. The Labute approximate surface area is 179 Å². The molecule has 0 radical (unpaired) electrons. The first kappa shape index (κ1) is 20.6. The molecule has 1 aliphatic rings. The summed E-state index contributed by atoms with van der Waals surface area (Å²) in [6, 6.07) is 10.8. The van der Waals surface area contributed by atoms with Gasteiger partial charge in [-0.1, -0.05) is 30.2 Å². The summed E-state index contributed by atoms with van der Waals surface area (Å²) in [6.45, 7) is 0.719. The Kier molecular flexibility index (Phi) is 5.87. The molecule has 4 rings (SSSR count). The molecular formula is C21H20ClFN4O2S. The van der Waals surface area contributed by atoms with E-state index in [2.05, 4.69) is 14.9 Å². The number of aromatic nitrogens is 3. The molecule has 0 amide bonds. The number of nitrogens with zero attached hydrogens (tertiary/aromatic N) is 3. The van der Waals surface area contributed by atoms with E-state index in [1.807, 2.05) is 4.57 Å². The van der Waals surface area contributed by atoms with Crippen LogP contribution in [0.3, 0.4) is 0 Å². The molecule has 6 nitrogen and oxygen atoms in total. The molecule has 0 saturated carbocycles. The first-order chi connectivity index (χ1) is 14.4. The highest BCUT2D eigenvalue weighted by Crippen LogP contribution is 2.28. The average molecular weight is 447 g/mol. The van der Waals surface area contributed by atoms with Crippen LogP contribution in [0, 0.1) is 5.82 Å². The lowest BCUT2D eigenvalue weighted by molar-refractivity contribution is 0.609. The second-order valence-electron chi connectivity index (χ2n) is 7.10. The molecule has 2 heterocycles. The molecule has 0 saturated heterocycles. The van der Waals surface area contributed by atoms with E-state index in [-0.39, 0.29) is 11.3 Å². The molecule has 0 atom stereocenters. The molecule has 1 aliphatic heterocycles. The highest BCUT2D eigenvalue weighted by Gasteiger charge is 2.19. The number of sulfonamides is 1. The average Bonchev–Trinajstić information content (AvgIpc) is 2.96. The number of anilines is 1. The fourth-order valence-corrected chi connectivity index (χ4v) is 4.37. The molecule has 1 N–H and O–H groups in total. The van der Waals surface area contributed by atoms with Crippen molar-refractivity contribution in [2.45, 2.75) is 32.2 Å². The van der Waals surface area contributed by atoms with Crippen molar-refractivity contribution < 1.29 is 12.8 Å². The van der Waals surface area contributed by atoms with E-state index >= 15 is 0 Å². The number of hydrogen-bond acceptors (Lipinski definition) is 4. The van der Waals surface area contributed by atoms with Crippen LogP contribution in [-0.4, -0.2) is 23.2 Å². The highest BCUT2D eigenvalue weighted by molar-refractivity contribution is 7.95. The van der Waals surface area contributed by atoms with Gasteiger partial charge in [-0.15, -0.1) is 10.2 Å². The maximum absolute atomic E-state index is 14.6. The third-order valence-corrected chi connectivity index (χ3v) is 6.15. The first-order valence-electron chi connectivity index (χ1n) is 9.60. The summed E-state index contributed by atoms with van der Waals surface area (Å²) in [4.78, 5) is 0. The number of aryl methyl sites for hydroxylation is 1. The largest absolute Gasteiger partial charge is 0.311 e. The molecule has 2 aromatic carbocycles. The summed E-state index contributed by atoms with van der Waals surface area (Å²) in [7, 11) is -3.79. The maximum atomic E-state index is 14.6. The number of rotatable bonds is 5. The second kappa shape index (κ2) is 8.57. The number of halogens is 2. The Morgan fingerprint density at radius 1 is 1.07 bits per heavy atom. The van der Waals surface area contributed by atoms with Gasteiger partial charge in [-0.05, 0) is 54.8 Å². The zero-order chi connectivity index (χ0) is 21.1. The maximum Gasteiger partial charge on any atom is 0.255 e. The van der Waals surface area contributed by atoms with Gasteiger partial charge < -0.3 is 4.57 Å². The predicted molar refractivity (Wildman–Crippen MR) is 116 cm³/mol. The Morgan fingerprint density at radius 2 is 1.87 bits per heavy atom. The summed E-state index contributed by atoms with van der Waals surface area (Å²) in [5, 5.41) is 9.98. The molecular weight excluding hydrogens is 427 g/mol. The van der Waals surface area contributed by atoms with Crippen LogP contribution in [0.15, 0.2) is 47.9 Å². The number of nitrogens with one attached hydrogen (secondary N) is 1. The molecule has 30 heavy (non-hydrogen) atoms. The van der Waals surface area contributed by atoms with E-state index in [4.69, 9.17) is 11.6 Å². The SMILES string of the molecule is O=S(=O)(/C=C/c1ccc(Cl)cc1)Nc1ccc(F)c(-c2nnc3n2CCCCC3)c1. The van der Waals surface area contributed by atoms with Crippen LogP contribution in [0.5, 0.6) is 0 Å². The highest BCUT2D eigenvalue weighted by atomic mass is 35.5. The molecule has 3 aromatic rings. The van der Waals surface area contributed by atoms with Crippen LogP contribution in [0.1, 0.15) is 30.7 Å². The number of hydrogen-bond donors (Lipinski definition) is 1. The van der Waals surface area contributed by atoms with Gasteiger partial charge in [0.05, 0.1) is 11.0 Å². The molecule has 0 aliphatic carbocycles. The minimum atomic E-state index is -3.79. The smallest absolute Gasteiger partial charge is 0.255 e. The van der Waals surface area contributed by atoms with E-state index in [1.165, 1.54) is 24.3 Å². The van der Waals surface area contributed by atoms with Crippen LogP contribution in [-0.2, 0) is 23.0 Å². The second-order valence-corrected chi connectivity index (χ2v) is 9.10. The van der Waals surface area contributed by atoms with Crippen LogP contribution >= 0.6 is 11.6 Å². The van der Waals surface area contributed by atoms with Gasteiger partial charge in [0.2, 0.25) is 0 Å². The zero-order valence-corrected chi connectivity index (χ0v) is 17.6. The molecule has 0 spiro atoms. The van der Waals surface area contributed by atoms with Gasteiger partial charge in [0.25, 0.3) is 10.0 Å². The van der Waals surface area contributed by atoms with Gasteiger partial charge in [0.15, 0.2) is 5.82 Å². The van der Waals surface area contributed by atoms with Crippen molar-refractivity contribution in [1.29, 1.82) is 0 Å². The Balaban J connectivity index is 1.59. The normalized spacial score (nSPS) is 14.5. The third kappa shape index (κ3) is 4.71. The molecule has 0 fully saturated rings. The molecule has 156 valence electrons. The van der Waals surface area contributed by atoms with E-state index in [0.29, 0.717) is 16.4 Å².